The molecule has 1 aliphatic rings. The van der Waals surface area contributed by atoms with Crippen LogP contribution in [-0.4, -0.2) is 130 Å². The number of amides is 3. The summed E-state index contributed by atoms with van der Waals surface area (Å²) >= 11 is 0. The van der Waals surface area contributed by atoms with Gasteiger partial charge in [0.1, 0.15) is 29.1 Å². The van der Waals surface area contributed by atoms with Crippen molar-refractivity contribution in [1.29, 1.82) is 0 Å². The number of anilines is 2. The van der Waals surface area contributed by atoms with Crippen molar-refractivity contribution in [3.63, 3.8) is 0 Å². The molecule has 1 fully saturated rings. The van der Waals surface area contributed by atoms with Crippen molar-refractivity contribution in [2.24, 2.45) is 0 Å². The zero-order valence-electron chi connectivity index (χ0n) is 36.1. The van der Waals surface area contributed by atoms with Gasteiger partial charge in [0.25, 0.3) is 15.7 Å². The zero-order chi connectivity index (χ0) is 50.9. The number of aliphatic hydroxyl groups is 1. The van der Waals surface area contributed by atoms with Crippen LogP contribution in [0.3, 0.4) is 0 Å². The molecule has 34 heteroatoms. The normalized spacial score (nSPS) is 18.1. The SMILES string of the molecule is O=C(/C=C/c1cn(C2CC(O)C(COP(=O)(O)OP(=O)(O)OP(=O)(O)O)O2)c(=O)[nH]c1=O)NCCNc1ncnc2c1ncn2CCCCNC(=O)NCCNc1cccc2c(S(=O)(=O)O)cccc12. The lowest BCUT2D eigenvalue weighted by molar-refractivity contribution is -0.116. The minimum atomic E-state index is -5.80. The average molecular weight is 1060 g/mol. The van der Waals surface area contributed by atoms with Gasteiger partial charge in [-0.25, -0.2) is 38.2 Å². The van der Waals surface area contributed by atoms with Crippen LogP contribution < -0.4 is 37.8 Å². The van der Waals surface area contributed by atoms with Crippen molar-refractivity contribution in [1.82, 2.24) is 45.0 Å². The Labute approximate surface area is 394 Å². The van der Waals surface area contributed by atoms with Crippen molar-refractivity contribution in [3.8, 4) is 0 Å². The van der Waals surface area contributed by atoms with E-state index in [0.717, 1.165) is 22.9 Å². The van der Waals surface area contributed by atoms with E-state index in [4.69, 9.17) is 14.5 Å². The van der Waals surface area contributed by atoms with Crippen molar-refractivity contribution in [2.45, 2.75) is 49.1 Å². The van der Waals surface area contributed by atoms with Gasteiger partial charge in [-0.2, -0.15) is 17.0 Å². The Kier molecular flexibility index (Phi) is 17.6. The minimum Gasteiger partial charge on any atom is -0.390 e. The topological polar surface area (TPSA) is 436 Å². The van der Waals surface area contributed by atoms with E-state index in [9.17, 15) is 60.7 Å². The number of unbranched alkanes of at least 4 members (excludes halogenated alkanes) is 1. The van der Waals surface area contributed by atoms with Gasteiger partial charge >= 0.3 is 35.2 Å². The van der Waals surface area contributed by atoms with Gasteiger partial charge in [0.2, 0.25) is 5.91 Å². The summed E-state index contributed by atoms with van der Waals surface area (Å²) in [4.78, 5) is 101. The van der Waals surface area contributed by atoms with E-state index in [1.807, 2.05) is 9.55 Å². The molecule has 4 heterocycles. The lowest BCUT2D eigenvalue weighted by atomic mass is 10.1. The average Bonchev–Trinajstić information content (AvgIpc) is 3.86. The second-order valence-corrected chi connectivity index (χ2v) is 20.7. The number of fused-ring (bicyclic) bond motifs is 2. The van der Waals surface area contributed by atoms with Gasteiger partial charge in [0.15, 0.2) is 11.5 Å². The fourth-order valence-electron chi connectivity index (χ4n) is 6.81. The maximum absolute atomic E-state index is 12.6. The molecule has 12 N–H and O–H groups in total. The van der Waals surface area contributed by atoms with Crippen LogP contribution in [0.15, 0.2) is 75.8 Å². The number of carbonyl (C=O) groups excluding carboxylic acids is 2. The number of ether oxygens (including phenoxy) is 1. The van der Waals surface area contributed by atoms with Crippen molar-refractivity contribution in [2.75, 3.05) is 50.0 Å². The number of aromatic amines is 1. The third kappa shape index (κ3) is 15.1. The van der Waals surface area contributed by atoms with Crippen LogP contribution in [-0.2, 0) is 53.0 Å². The first-order valence-electron chi connectivity index (χ1n) is 20.6. The van der Waals surface area contributed by atoms with Gasteiger partial charge in [0.05, 0.1) is 24.6 Å². The summed E-state index contributed by atoms with van der Waals surface area (Å²) in [5, 5.41) is 25.8. The first kappa shape index (κ1) is 53.6. The van der Waals surface area contributed by atoms with Gasteiger partial charge in [-0.15, -0.1) is 0 Å². The van der Waals surface area contributed by atoms with E-state index in [0.29, 0.717) is 65.9 Å². The third-order valence-electron chi connectivity index (χ3n) is 9.86. The summed E-state index contributed by atoms with van der Waals surface area (Å²) in [6, 6.07) is 9.22. The van der Waals surface area contributed by atoms with Gasteiger partial charge < -0.3 is 60.6 Å². The molecule has 2 aromatic carbocycles. The summed E-state index contributed by atoms with van der Waals surface area (Å²) in [6.45, 7) is 0.826. The number of hydrogen-bond acceptors (Lipinski definition) is 19. The fraction of sp³-hybridized carbons (Fsp3) is 0.361. The third-order valence-corrected chi connectivity index (χ3v) is 14.6. The molecular weight excluding hydrogens is 1020 g/mol. The molecule has 6 rings (SSSR count). The largest absolute Gasteiger partial charge is 0.490 e. The Morgan fingerprint density at radius 2 is 1.60 bits per heavy atom. The maximum Gasteiger partial charge on any atom is 0.490 e. The number of aromatic nitrogens is 6. The highest BCUT2D eigenvalue weighted by atomic mass is 32.2. The highest BCUT2D eigenvalue weighted by Crippen LogP contribution is 2.66. The molecule has 5 aromatic rings. The summed E-state index contributed by atoms with van der Waals surface area (Å²) in [6.07, 6.45) is 2.83. The highest BCUT2D eigenvalue weighted by molar-refractivity contribution is 7.86. The molecule has 0 radical (unpaired) electrons. The molecule has 0 saturated carbocycles. The van der Waals surface area contributed by atoms with E-state index in [2.05, 4.69) is 54.7 Å². The standard InChI is InChI=1S/C36H46N11O19P3S/c48-26-17-30(64-27(26)19-63-68(56,57)66-69(58,59)65-67(53,54)55)47-18-22(34(50)45-36(47)52)9-10-29(49)38-13-14-39-32-31-33(43-20-42-32)46(21-44-31)16-2-1-11-40-35(51)41-15-12-37-25-7-3-6-24-23(25)5-4-8-28(24)70(60,61)62/h3-10,18,20-21,26-27,30,37,48H,1-2,11-17,19H2,(H,38,49)(H,56,57)(H,58,59)(H,39,42,43)(H2,40,41,51)(H,45,50,52)(H2,53,54,55)(H,60,61,62)/b10-9+. The van der Waals surface area contributed by atoms with Crippen LogP contribution in [0.25, 0.3) is 28.0 Å². The zero-order valence-corrected chi connectivity index (χ0v) is 39.6. The number of urea groups is 1. The molecule has 380 valence electrons. The van der Waals surface area contributed by atoms with Crippen LogP contribution in [0.4, 0.5) is 16.3 Å². The molecule has 30 nitrogen and oxygen atoms in total. The Balaban J connectivity index is 0.895. The predicted octanol–water partition coefficient (Wildman–Crippen LogP) is 0.501. The monoisotopic (exact) mass is 1060 g/mol. The van der Waals surface area contributed by atoms with Gasteiger partial charge in [-0.3, -0.25) is 28.2 Å². The number of phosphoric ester groups is 1. The molecular formula is C36H46N11O19P3S. The van der Waals surface area contributed by atoms with Gasteiger partial charge in [-0.05, 0) is 31.1 Å². The molecule has 3 amide bonds. The van der Waals surface area contributed by atoms with Crippen LogP contribution in [0.2, 0.25) is 0 Å². The molecule has 0 bridgehead atoms. The van der Waals surface area contributed by atoms with Crippen LogP contribution in [0.5, 0.6) is 0 Å². The lowest BCUT2D eigenvalue weighted by Gasteiger charge is -2.19. The van der Waals surface area contributed by atoms with Gasteiger partial charge in [-0.1, -0.05) is 24.3 Å². The number of aliphatic hydroxyl groups excluding tert-OH is 1. The number of nitrogens with one attached hydrogen (secondary N) is 6. The quantitative estimate of drug-likeness (QED) is 0.0173. The second-order valence-electron chi connectivity index (χ2n) is 14.9. The number of nitrogens with zero attached hydrogens (tertiary/aromatic N) is 5. The number of H-pyrrole nitrogens is 1. The Morgan fingerprint density at radius 3 is 2.36 bits per heavy atom. The van der Waals surface area contributed by atoms with E-state index in [-0.39, 0.29) is 42.5 Å². The second kappa shape index (κ2) is 23.0. The number of imidazole rings is 1. The molecule has 5 atom stereocenters. The number of hydrogen-bond donors (Lipinski definition) is 12. The Hall–Kier alpha value is -5.75. The van der Waals surface area contributed by atoms with Crippen molar-refractivity contribution >= 4 is 85.0 Å². The molecule has 0 aliphatic carbocycles. The number of carbonyl (C=O) groups is 2. The molecule has 1 saturated heterocycles. The molecule has 0 spiro atoms. The number of aryl methyl sites for hydroxylation is 1. The minimum absolute atomic E-state index is 0.0859. The predicted molar refractivity (Wildman–Crippen MR) is 244 cm³/mol. The summed E-state index contributed by atoms with van der Waals surface area (Å²) in [7, 11) is -21.4. The first-order valence-corrected chi connectivity index (χ1v) is 26.5. The smallest absolute Gasteiger partial charge is 0.390 e. The van der Waals surface area contributed by atoms with Crippen LogP contribution >= 0.6 is 23.5 Å². The maximum atomic E-state index is 12.6. The van der Waals surface area contributed by atoms with Gasteiger partial charge in [0, 0.05) is 74.4 Å². The Bertz CT molecular complexity index is 3130. The fourth-order valence-corrected chi connectivity index (χ4v) is 10.5. The highest BCUT2D eigenvalue weighted by Gasteiger charge is 2.43. The molecule has 5 unspecified atom stereocenters. The van der Waals surface area contributed by atoms with Crippen molar-refractivity contribution < 1.29 is 78.8 Å². The summed E-state index contributed by atoms with van der Waals surface area (Å²) < 4.78 is 87.5. The first-order chi connectivity index (χ1) is 33.0. The number of rotatable bonds is 24. The molecule has 70 heavy (non-hydrogen) atoms. The summed E-state index contributed by atoms with van der Waals surface area (Å²) in [5.74, 6) is -0.230. The van der Waals surface area contributed by atoms with Crippen LogP contribution in [0.1, 0.15) is 31.1 Å². The van der Waals surface area contributed by atoms with E-state index in [1.54, 1.807) is 30.6 Å². The number of benzene rings is 2. The van der Waals surface area contributed by atoms with Crippen molar-refractivity contribution in [3.05, 3.63) is 87.7 Å². The molecule has 3 aromatic heterocycles. The van der Waals surface area contributed by atoms with E-state index >= 15 is 0 Å². The Morgan fingerprint density at radius 1 is 0.886 bits per heavy atom. The van der Waals surface area contributed by atoms with E-state index in [1.165, 1.54) is 18.5 Å². The summed E-state index contributed by atoms with van der Waals surface area (Å²) in [5.41, 5.74) is -0.405. The molecule has 1 aliphatic heterocycles. The number of phosphoric acid groups is 3. The van der Waals surface area contributed by atoms with Crippen LogP contribution in [0, 0.1) is 0 Å². The van der Waals surface area contributed by atoms with E-state index < -0.39 is 75.8 Å². The lowest BCUT2D eigenvalue weighted by Crippen LogP contribution is -2.38.